The van der Waals surface area contributed by atoms with E-state index in [0.717, 1.165) is 26.3 Å². The SMILES string of the molecule is C=C(CN1CCOCC1)C(=O)NCC.CC. The van der Waals surface area contributed by atoms with Crippen LogP contribution in [0.25, 0.3) is 0 Å². The molecular formula is C12H24N2O2. The molecule has 0 aromatic rings. The van der Waals surface area contributed by atoms with E-state index in [4.69, 9.17) is 4.74 Å². The van der Waals surface area contributed by atoms with E-state index < -0.39 is 0 Å². The molecule has 1 amide bonds. The predicted molar refractivity (Wildman–Crippen MR) is 66.4 cm³/mol. The van der Waals surface area contributed by atoms with E-state index in [0.29, 0.717) is 18.7 Å². The molecule has 1 fully saturated rings. The molecule has 16 heavy (non-hydrogen) atoms. The molecule has 0 bridgehead atoms. The van der Waals surface area contributed by atoms with Crippen LogP contribution in [0.15, 0.2) is 12.2 Å². The van der Waals surface area contributed by atoms with Crippen molar-refractivity contribution in [3.05, 3.63) is 12.2 Å². The maximum absolute atomic E-state index is 11.3. The van der Waals surface area contributed by atoms with Gasteiger partial charge in [-0.1, -0.05) is 20.4 Å². The van der Waals surface area contributed by atoms with Gasteiger partial charge in [-0.05, 0) is 6.92 Å². The van der Waals surface area contributed by atoms with Crippen molar-refractivity contribution < 1.29 is 9.53 Å². The molecule has 4 heteroatoms. The Labute approximate surface area is 98.6 Å². The molecule has 1 saturated heterocycles. The summed E-state index contributed by atoms with van der Waals surface area (Å²) in [6, 6.07) is 0. The fourth-order valence-corrected chi connectivity index (χ4v) is 1.39. The van der Waals surface area contributed by atoms with Gasteiger partial charge in [0.15, 0.2) is 0 Å². The minimum Gasteiger partial charge on any atom is -0.379 e. The van der Waals surface area contributed by atoms with E-state index in [-0.39, 0.29) is 5.91 Å². The zero-order chi connectivity index (χ0) is 12.4. The number of carbonyl (C=O) groups excluding carboxylic acids is 1. The molecule has 94 valence electrons. The van der Waals surface area contributed by atoms with Crippen LogP contribution in [0.1, 0.15) is 20.8 Å². The monoisotopic (exact) mass is 228 g/mol. The molecule has 0 aromatic heterocycles. The van der Waals surface area contributed by atoms with Crippen molar-refractivity contribution in [2.24, 2.45) is 0 Å². The standard InChI is InChI=1S/C10H18N2O2.C2H6/c1-3-11-10(13)9(2)8-12-4-6-14-7-5-12;1-2/h2-8H2,1H3,(H,11,13);1-2H3. The Balaban J connectivity index is 0.00000106. The smallest absolute Gasteiger partial charge is 0.247 e. The van der Waals surface area contributed by atoms with Crippen molar-refractivity contribution in [3.63, 3.8) is 0 Å². The maximum Gasteiger partial charge on any atom is 0.247 e. The van der Waals surface area contributed by atoms with Gasteiger partial charge in [-0.15, -0.1) is 0 Å². The molecule has 1 N–H and O–H groups in total. The average molecular weight is 228 g/mol. The van der Waals surface area contributed by atoms with Crippen LogP contribution in [0.5, 0.6) is 0 Å². The first-order valence-electron chi connectivity index (χ1n) is 6.00. The highest BCUT2D eigenvalue weighted by Gasteiger charge is 2.14. The Bertz CT molecular complexity index is 211. The third-order valence-electron chi connectivity index (χ3n) is 2.18. The molecule has 0 aliphatic carbocycles. The molecule has 1 aliphatic heterocycles. The molecule has 0 atom stereocenters. The first-order chi connectivity index (χ1) is 7.74. The van der Waals surface area contributed by atoms with Gasteiger partial charge in [-0.3, -0.25) is 9.69 Å². The highest BCUT2D eigenvalue weighted by molar-refractivity contribution is 5.93. The van der Waals surface area contributed by atoms with Gasteiger partial charge in [0, 0.05) is 31.8 Å². The van der Waals surface area contributed by atoms with E-state index in [1.807, 2.05) is 20.8 Å². The van der Waals surface area contributed by atoms with Crippen LogP contribution in [-0.4, -0.2) is 50.2 Å². The number of morpholine rings is 1. The summed E-state index contributed by atoms with van der Waals surface area (Å²) in [5, 5.41) is 2.74. The fourth-order valence-electron chi connectivity index (χ4n) is 1.39. The largest absolute Gasteiger partial charge is 0.379 e. The lowest BCUT2D eigenvalue weighted by Gasteiger charge is -2.26. The summed E-state index contributed by atoms with van der Waals surface area (Å²) in [6.45, 7) is 14.3. The number of hydrogen-bond acceptors (Lipinski definition) is 3. The van der Waals surface area contributed by atoms with Gasteiger partial charge in [-0.25, -0.2) is 0 Å². The van der Waals surface area contributed by atoms with Gasteiger partial charge in [-0.2, -0.15) is 0 Å². The molecule has 0 spiro atoms. The van der Waals surface area contributed by atoms with E-state index in [1.165, 1.54) is 0 Å². The van der Waals surface area contributed by atoms with Crippen LogP contribution in [0, 0.1) is 0 Å². The summed E-state index contributed by atoms with van der Waals surface area (Å²) in [4.78, 5) is 13.5. The summed E-state index contributed by atoms with van der Waals surface area (Å²) in [6.07, 6.45) is 0. The number of nitrogens with zero attached hydrogens (tertiary/aromatic N) is 1. The zero-order valence-corrected chi connectivity index (χ0v) is 10.7. The molecule has 0 radical (unpaired) electrons. The quantitative estimate of drug-likeness (QED) is 0.731. The third-order valence-corrected chi connectivity index (χ3v) is 2.18. The molecule has 1 heterocycles. The Morgan fingerprint density at radius 3 is 2.44 bits per heavy atom. The van der Waals surface area contributed by atoms with Crippen molar-refractivity contribution in [2.45, 2.75) is 20.8 Å². The third kappa shape index (κ3) is 5.88. The van der Waals surface area contributed by atoms with Crippen molar-refractivity contribution in [1.29, 1.82) is 0 Å². The molecule has 4 nitrogen and oxygen atoms in total. The van der Waals surface area contributed by atoms with Gasteiger partial charge >= 0.3 is 0 Å². The normalized spacial score (nSPS) is 15.9. The van der Waals surface area contributed by atoms with Crippen LogP contribution in [-0.2, 0) is 9.53 Å². The van der Waals surface area contributed by atoms with Gasteiger partial charge < -0.3 is 10.1 Å². The topological polar surface area (TPSA) is 41.6 Å². The Morgan fingerprint density at radius 2 is 1.94 bits per heavy atom. The van der Waals surface area contributed by atoms with E-state index in [1.54, 1.807) is 0 Å². The van der Waals surface area contributed by atoms with Crippen LogP contribution in [0.4, 0.5) is 0 Å². The molecular weight excluding hydrogens is 204 g/mol. The van der Waals surface area contributed by atoms with Crippen molar-refractivity contribution in [1.82, 2.24) is 10.2 Å². The lowest BCUT2D eigenvalue weighted by molar-refractivity contribution is -0.117. The summed E-state index contributed by atoms with van der Waals surface area (Å²) in [5.41, 5.74) is 0.633. The predicted octanol–water partition coefficient (Wildman–Crippen LogP) is 1.04. The number of ether oxygens (including phenoxy) is 1. The number of carbonyl (C=O) groups is 1. The second kappa shape index (κ2) is 9.36. The number of amides is 1. The van der Waals surface area contributed by atoms with E-state index >= 15 is 0 Å². The molecule has 1 aliphatic rings. The fraction of sp³-hybridized carbons (Fsp3) is 0.750. The number of hydrogen-bond donors (Lipinski definition) is 1. The number of rotatable bonds is 4. The second-order valence-corrected chi connectivity index (χ2v) is 3.35. The van der Waals surface area contributed by atoms with E-state index in [9.17, 15) is 4.79 Å². The minimum atomic E-state index is -0.0426. The van der Waals surface area contributed by atoms with Crippen LogP contribution in [0.3, 0.4) is 0 Å². The maximum atomic E-state index is 11.3. The summed E-state index contributed by atoms with van der Waals surface area (Å²) in [5.74, 6) is -0.0426. The van der Waals surface area contributed by atoms with Gasteiger partial charge in [0.05, 0.1) is 13.2 Å². The Hall–Kier alpha value is -0.870. The Morgan fingerprint density at radius 1 is 1.38 bits per heavy atom. The molecule has 0 aromatic carbocycles. The molecule has 0 saturated carbocycles. The van der Waals surface area contributed by atoms with Crippen molar-refractivity contribution in [2.75, 3.05) is 39.4 Å². The first kappa shape index (κ1) is 15.1. The number of nitrogens with one attached hydrogen (secondary N) is 1. The zero-order valence-electron chi connectivity index (χ0n) is 10.7. The lowest BCUT2D eigenvalue weighted by atomic mass is 10.2. The lowest BCUT2D eigenvalue weighted by Crippen LogP contribution is -2.39. The van der Waals surface area contributed by atoms with Crippen molar-refractivity contribution in [3.8, 4) is 0 Å². The minimum absolute atomic E-state index is 0.0426. The van der Waals surface area contributed by atoms with Crippen LogP contribution >= 0.6 is 0 Å². The number of likely N-dealkylation sites (N-methyl/N-ethyl adjacent to an activating group) is 1. The summed E-state index contributed by atoms with van der Waals surface area (Å²) < 4.78 is 5.22. The highest BCUT2D eigenvalue weighted by atomic mass is 16.5. The highest BCUT2D eigenvalue weighted by Crippen LogP contribution is 2.01. The van der Waals surface area contributed by atoms with Gasteiger partial charge in [0.1, 0.15) is 0 Å². The Kier molecular flexibility index (Phi) is 8.85. The van der Waals surface area contributed by atoms with Crippen LogP contribution in [0.2, 0.25) is 0 Å². The van der Waals surface area contributed by atoms with Gasteiger partial charge in [0.25, 0.3) is 0 Å². The summed E-state index contributed by atoms with van der Waals surface area (Å²) >= 11 is 0. The van der Waals surface area contributed by atoms with Gasteiger partial charge in [0.2, 0.25) is 5.91 Å². The average Bonchev–Trinajstić information content (AvgIpc) is 2.33. The van der Waals surface area contributed by atoms with Crippen LogP contribution < -0.4 is 5.32 Å². The van der Waals surface area contributed by atoms with E-state index in [2.05, 4.69) is 16.8 Å². The van der Waals surface area contributed by atoms with Crippen molar-refractivity contribution >= 4 is 5.91 Å². The second-order valence-electron chi connectivity index (χ2n) is 3.35. The molecule has 0 unspecified atom stereocenters. The first-order valence-corrected chi connectivity index (χ1v) is 6.00. The molecule has 1 rings (SSSR count). The summed E-state index contributed by atoms with van der Waals surface area (Å²) in [7, 11) is 0.